The maximum Gasteiger partial charge on any atom is 0.488 e. The lowest BCUT2D eigenvalue weighted by Crippen LogP contribution is -2.31. The second-order valence-electron chi connectivity index (χ2n) is 4.16. The Labute approximate surface area is 102 Å². The maximum absolute atomic E-state index is 9.07. The topological polar surface area (TPSA) is 58.9 Å². The molecular formula is C12H19BO4. The molecule has 0 aliphatic carbocycles. The Morgan fingerprint density at radius 1 is 1.24 bits per heavy atom. The molecule has 0 bridgehead atoms. The van der Waals surface area contributed by atoms with Gasteiger partial charge in [0.2, 0.25) is 0 Å². The molecule has 0 aromatic heterocycles. The summed E-state index contributed by atoms with van der Waals surface area (Å²) in [7, 11) is -1.44. The highest BCUT2D eigenvalue weighted by atomic mass is 16.5. The Balaban J connectivity index is 2.47. The van der Waals surface area contributed by atoms with Gasteiger partial charge in [-0.25, -0.2) is 0 Å². The molecule has 0 saturated carbocycles. The zero-order valence-corrected chi connectivity index (χ0v) is 10.5. The highest BCUT2D eigenvalue weighted by molar-refractivity contribution is 6.59. The fourth-order valence-electron chi connectivity index (χ4n) is 1.47. The molecule has 0 radical (unpaired) electrons. The van der Waals surface area contributed by atoms with Crippen LogP contribution in [0.4, 0.5) is 0 Å². The molecule has 5 heteroatoms. The number of ether oxygens (including phenoxy) is 2. The SMILES string of the molecule is Cc1cc(OCCOC(C)C)ccc1B(O)O. The average Bonchev–Trinajstić information content (AvgIpc) is 2.23. The predicted octanol–water partition coefficient (Wildman–Crippen LogP) is 0.479. The van der Waals surface area contributed by atoms with Gasteiger partial charge in [0, 0.05) is 0 Å². The van der Waals surface area contributed by atoms with Crippen LogP contribution in [0.15, 0.2) is 18.2 Å². The summed E-state index contributed by atoms with van der Waals surface area (Å²) < 4.78 is 10.8. The van der Waals surface area contributed by atoms with Crippen molar-refractivity contribution in [3.8, 4) is 5.75 Å². The van der Waals surface area contributed by atoms with Gasteiger partial charge in [-0.15, -0.1) is 0 Å². The van der Waals surface area contributed by atoms with E-state index in [9.17, 15) is 0 Å². The molecule has 0 saturated heterocycles. The van der Waals surface area contributed by atoms with Crippen molar-refractivity contribution in [2.45, 2.75) is 26.9 Å². The number of aryl methyl sites for hydroxylation is 1. The number of rotatable bonds is 6. The smallest absolute Gasteiger partial charge is 0.488 e. The summed E-state index contributed by atoms with van der Waals surface area (Å²) in [5, 5.41) is 18.1. The van der Waals surface area contributed by atoms with Crippen molar-refractivity contribution < 1.29 is 19.5 Å². The van der Waals surface area contributed by atoms with E-state index in [2.05, 4.69) is 0 Å². The van der Waals surface area contributed by atoms with Crippen molar-refractivity contribution in [3.63, 3.8) is 0 Å². The van der Waals surface area contributed by atoms with Crippen molar-refractivity contribution in [1.29, 1.82) is 0 Å². The first kappa shape index (κ1) is 14.0. The van der Waals surface area contributed by atoms with Crippen LogP contribution >= 0.6 is 0 Å². The molecular weight excluding hydrogens is 219 g/mol. The molecule has 94 valence electrons. The van der Waals surface area contributed by atoms with Gasteiger partial charge < -0.3 is 19.5 Å². The highest BCUT2D eigenvalue weighted by Crippen LogP contribution is 2.11. The molecule has 1 aromatic carbocycles. The van der Waals surface area contributed by atoms with Crippen LogP contribution in [0.3, 0.4) is 0 Å². The van der Waals surface area contributed by atoms with E-state index in [4.69, 9.17) is 19.5 Å². The van der Waals surface area contributed by atoms with E-state index in [0.717, 1.165) is 5.56 Å². The maximum atomic E-state index is 9.07. The molecule has 0 amide bonds. The van der Waals surface area contributed by atoms with Gasteiger partial charge in [0.25, 0.3) is 0 Å². The monoisotopic (exact) mass is 238 g/mol. The van der Waals surface area contributed by atoms with Gasteiger partial charge in [-0.3, -0.25) is 0 Å². The summed E-state index contributed by atoms with van der Waals surface area (Å²) in [5.74, 6) is 0.708. The summed E-state index contributed by atoms with van der Waals surface area (Å²) >= 11 is 0. The van der Waals surface area contributed by atoms with E-state index >= 15 is 0 Å². The van der Waals surface area contributed by atoms with Crippen LogP contribution in [0.1, 0.15) is 19.4 Å². The first-order chi connectivity index (χ1) is 8.00. The molecule has 4 nitrogen and oxygen atoms in total. The summed E-state index contributed by atoms with van der Waals surface area (Å²) in [6, 6.07) is 5.15. The minimum atomic E-state index is -1.44. The Hall–Kier alpha value is -1.04. The molecule has 0 aliphatic rings. The summed E-state index contributed by atoms with van der Waals surface area (Å²) in [6.07, 6.45) is 0.201. The quantitative estimate of drug-likeness (QED) is 0.559. The van der Waals surface area contributed by atoms with E-state index < -0.39 is 7.12 Å². The molecule has 0 unspecified atom stereocenters. The zero-order valence-electron chi connectivity index (χ0n) is 10.5. The number of hydrogen-bond acceptors (Lipinski definition) is 4. The highest BCUT2D eigenvalue weighted by Gasteiger charge is 2.13. The third-order valence-corrected chi connectivity index (χ3v) is 2.32. The third-order valence-electron chi connectivity index (χ3n) is 2.32. The Kier molecular flexibility index (Phi) is 5.48. The molecule has 2 N–H and O–H groups in total. The summed E-state index contributed by atoms with van der Waals surface area (Å²) in [4.78, 5) is 0. The predicted molar refractivity (Wildman–Crippen MR) is 67.6 cm³/mol. The van der Waals surface area contributed by atoms with E-state index in [1.54, 1.807) is 18.2 Å². The van der Waals surface area contributed by atoms with Crippen LogP contribution in [0.25, 0.3) is 0 Å². The number of hydrogen-bond donors (Lipinski definition) is 2. The van der Waals surface area contributed by atoms with Gasteiger partial charge in [-0.2, -0.15) is 0 Å². The Morgan fingerprint density at radius 3 is 2.47 bits per heavy atom. The van der Waals surface area contributed by atoms with Gasteiger partial charge in [0.1, 0.15) is 12.4 Å². The normalized spacial score (nSPS) is 10.7. The van der Waals surface area contributed by atoms with Gasteiger partial charge in [-0.1, -0.05) is 6.07 Å². The van der Waals surface area contributed by atoms with Crippen LogP contribution in [-0.2, 0) is 4.74 Å². The average molecular weight is 238 g/mol. The molecule has 17 heavy (non-hydrogen) atoms. The lowest BCUT2D eigenvalue weighted by atomic mass is 9.77. The molecule has 0 fully saturated rings. The first-order valence-corrected chi connectivity index (χ1v) is 5.71. The van der Waals surface area contributed by atoms with Gasteiger partial charge >= 0.3 is 7.12 Å². The molecule has 1 aromatic rings. The number of benzene rings is 1. The van der Waals surface area contributed by atoms with Crippen molar-refractivity contribution in [2.75, 3.05) is 13.2 Å². The third kappa shape index (κ3) is 4.77. The van der Waals surface area contributed by atoms with Crippen molar-refractivity contribution in [2.24, 2.45) is 0 Å². The van der Waals surface area contributed by atoms with E-state index in [0.29, 0.717) is 24.4 Å². The van der Waals surface area contributed by atoms with E-state index in [1.807, 2.05) is 20.8 Å². The standard InChI is InChI=1S/C12H19BO4/c1-9(2)16-6-7-17-11-4-5-12(13(14)15)10(3)8-11/h4-5,8-9,14-15H,6-7H2,1-3H3. The van der Waals surface area contributed by atoms with E-state index in [-0.39, 0.29) is 6.10 Å². The molecule has 0 aliphatic heterocycles. The fourth-order valence-corrected chi connectivity index (χ4v) is 1.47. The second kappa shape index (κ2) is 6.64. The zero-order chi connectivity index (χ0) is 12.8. The minimum absolute atomic E-state index is 0.201. The van der Waals surface area contributed by atoms with Crippen LogP contribution in [-0.4, -0.2) is 36.5 Å². The van der Waals surface area contributed by atoms with Gasteiger partial charge in [-0.05, 0) is 43.9 Å². The largest absolute Gasteiger partial charge is 0.491 e. The van der Waals surface area contributed by atoms with Crippen molar-refractivity contribution in [1.82, 2.24) is 0 Å². The van der Waals surface area contributed by atoms with Crippen LogP contribution < -0.4 is 10.2 Å². The Bertz CT molecular complexity index is 352. The molecule has 0 spiro atoms. The fraction of sp³-hybridized carbons (Fsp3) is 0.500. The lowest BCUT2D eigenvalue weighted by molar-refractivity contribution is 0.0552. The van der Waals surface area contributed by atoms with Crippen molar-refractivity contribution >= 4 is 12.6 Å². The minimum Gasteiger partial charge on any atom is -0.491 e. The van der Waals surface area contributed by atoms with Gasteiger partial charge in [0.05, 0.1) is 12.7 Å². The van der Waals surface area contributed by atoms with E-state index in [1.165, 1.54) is 0 Å². The summed E-state index contributed by atoms with van der Waals surface area (Å²) in [6.45, 7) is 6.79. The first-order valence-electron chi connectivity index (χ1n) is 5.71. The molecule has 0 atom stereocenters. The Morgan fingerprint density at radius 2 is 1.94 bits per heavy atom. The van der Waals surface area contributed by atoms with Crippen LogP contribution in [0.2, 0.25) is 0 Å². The van der Waals surface area contributed by atoms with Crippen molar-refractivity contribution in [3.05, 3.63) is 23.8 Å². The summed E-state index contributed by atoms with van der Waals surface area (Å²) in [5.41, 5.74) is 1.29. The van der Waals surface area contributed by atoms with Gasteiger partial charge in [0.15, 0.2) is 0 Å². The van der Waals surface area contributed by atoms with Crippen LogP contribution in [0.5, 0.6) is 5.75 Å². The molecule has 0 heterocycles. The molecule has 1 rings (SSSR count). The second-order valence-corrected chi connectivity index (χ2v) is 4.16. The lowest BCUT2D eigenvalue weighted by Gasteiger charge is -2.11. The van der Waals surface area contributed by atoms with Crippen LogP contribution in [0, 0.1) is 6.92 Å².